The van der Waals surface area contributed by atoms with Gasteiger partial charge in [0.25, 0.3) is 0 Å². The van der Waals surface area contributed by atoms with Gasteiger partial charge >= 0.3 is 0 Å². The van der Waals surface area contributed by atoms with Crippen molar-refractivity contribution in [2.45, 2.75) is 25.7 Å². The van der Waals surface area contributed by atoms with E-state index in [0.29, 0.717) is 0 Å². The van der Waals surface area contributed by atoms with Gasteiger partial charge in [0.15, 0.2) is 0 Å². The number of fused-ring (bicyclic) bond motifs is 6. The van der Waals surface area contributed by atoms with Gasteiger partial charge in [-0.1, -0.05) is 133 Å². The van der Waals surface area contributed by atoms with E-state index in [1.807, 2.05) is 18.3 Å². The normalized spacial score (nSPS) is 13.9. The van der Waals surface area contributed by atoms with Gasteiger partial charge in [0.05, 0.1) is 5.69 Å². The maximum Gasteiger partial charge on any atom is 0.0702 e. The first kappa shape index (κ1) is 32.6. The zero-order valence-electron chi connectivity index (χ0n) is 31.2. The van der Waals surface area contributed by atoms with E-state index in [2.05, 4.69) is 175 Å². The summed E-state index contributed by atoms with van der Waals surface area (Å²) in [6, 6.07) is 58.8. The predicted molar refractivity (Wildman–Crippen MR) is 240 cm³/mol. The minimum Gasteiger partial charge on any atom is -0.256 e. The van der Waals surface area contributed by atoms with Gasteiger partial charge in [0.1, 0.15) is 0 Å². The van der Waals surface area contributed by atoms with E-state index in [0.717, 1.165) is 36.9 Å². The number of rotatable bonds is 5. The van der Waals surface area contributed by atoms with E-state index in [1.165, 1.54) is 98.7 Å². The molecule has 1 aromatic heterocycles. The number of aryl methyl sites for hydroxylation is 1. The van der Waals surface area contributed by atoms with Crippen LogP contribution in [0.4, 0.5) is 0 Å². The number of allylic oxidation sites excluding steroid dienone is 5. The summed E-state index contributed by atoms with van der Waals surface area (Å²) in [5.74, 6) is 0. The summed E-state index contributed by atoms with van der Waals surface area (Å²) < 4.78 is 0. The highest BCUT2D eigenvalue weighted by atomic mass is 14.7. The predicted octanol–water partition coefficient (Wildman–Crippen LogP) is 14.9. The van der Waals surface area contributed by atoms with Crippen molar-refractivity contribution >= 4 is 60.3 Å². The molecule has 0 fully saturated rings. The zero-order valence-corrected chi connectivity index (χ0v) is 31.2. The number of hydrogen-bond donors (Lipinski definition) is 0. The highest BCUT2D eigenvalue weighted by Crippen LogP contribution is 2.40. The van der Waals surface area contributed by atoms with E-state index < -0.39 is 0 Å². The number of benzene rings is 8. The monoisotopic (exact) mass is 713 g/mol. The molecule has 1 heteroatoms. The van der Waals surface area contributed by atoms with Gasteiger partial charge in [0.2, 0.25) is 0 Å². The summed E-state index contributed by atoms with van der Waals surface area (Å²) in [5.41, 5.74) is 15.5. The lowest BCUT2D eigenvalue weighted by atomic mass is 9.85. The van der Waals surface area contributed by atoms with Gasteiger partial charge in [-0.3, -0.25) is 4.98 Å². The molecule has 8 aromatic carbocycles. The molecule has 11 rings (SSSR count). The molecule has 2 aliphatic carbocycles. The Kier molecular flexibility index (Phi) is 7.84. The highest BCUT2D eigenvalue weighted by molar-refractivity contribution is 6.10. The number of aromatic nitrogens is 1. The van der Waals surface area contributed by atoms with Crippen LogP contribution in [0.1, 0.15) is 41.5 Å². The minimum absolute atomic E-state index is 1.00. The van der Waals surface area contributed by atoms with E-state index in [-0.39, 0.29) is 0 Å². The lowest BCUT2D eigenvalue weighted by Crippen LogP contribution is -1.99. The van der Waals surface area contributed by atoms with Crippen LogP contribution in [0.2, 0.25) is 0 Å². The molecule has 0 bridgehead atoms. The number of pyridine rings is 1. The van der Waals surface area contributed by atoms with Crippen LogP contribution in [0.25, 0.3) is 93.8 Å². The van der Waals surface area contributed by atoms with E-state index >= 15 is 0 Å². The molecule has 0 amide bonds. The lowest BCUT2D eigenvalue weighted by molar-refractivity contribution is 1.00. The van der Waals surface area contributed by atoms with Gasteiger partial charge < -0.3 is 0 Å². The minimum atomic E-state index is 1.00. The van der Waals surface area contributed by atoms with Crippen molar-refractivity contribution in [2.75, 3.05) is 0 Å². The Bertz CT molecular complexity index is 3120. The average molecular weight is 714 g/mol. The second-order valence-corrected chi connectivity index (χ2v) is 15.4. The summed E-state index contributed by atoms with van der Waals surface area (Å²) in [6.07, 6.45) is 15.3. The maximum atomic E-state index is 4.53. The van der Waals surface area contributed by atoms with Crippen LogP contribution >= 0.6 is 0 Å². The number of nitrogens with zero attached hydrogens (tertiary/aromatic N) is 1. The zero-order chi connectivity index (χ0) is 37.0. The molecule has 0 saturated heterocycles. The molecule has 1 heterocycles. The van der Waals surface area contributed by atoms with Crippen molar-refractivity contribution in [1.29, 1.82) is 0 Å². The summed E-state index contributed by atoms with van der Waals surface area (Å²) >= 11 is 0. The molecule has 0 radical (unpaired) electrons. The van der Waals surface area contributed by atoms with Crippen molar-refractivity contribution in [1.82, 2.24) is 4.98 Å². The SMILES string of the molecule is C1=CCCC(c2cc3ccccc3cc2-c2ccc3c(ccc4cc(C5=Cc6ccc(-c7ccc8cc(-c9ccccn9)ccc8c7)cc6CC5)ccc43)c2)=C1. The molecular weight excluding hydrogens is 675 g/mol. The third kappa shape index (κ3) is 5.84. The quantitative estimate of drug-likeness (QED) is 0.162. The second kappa shape index (κ2) is 13.5. The Morgan fingerprint density at radius 2 is 1.04 bits per heavy atom. The smallest absolute Gasteiger partial charge is 0.0702 e. The topological polar surface area (TPSA) is 12.9 Å². The van der Waals surface area contributed by atoms with Gasteiger partial charge in [0, 0.05) is 11.8 Å². The summed E-state index contributed by atoms with van der Waals surface area (Å²) in [5, 5.41) is 10.2. The Balaban J connectivity index is 0.886. The average Bonchev–Trinajstić information content (AvgIpc) is 3.28. The molecule has 0 N–H and O–H groups in total. The van der Waals surface area contributed by atoms with Gasteiger partial charge in [-0.25, -0.2) is 0 Å². The first-order valence-corrected chi connectivity index (χ1v) is 19.9. The standard InChI is InChI=1S/C55H39N/c1-2-8-36(9-3-1)53-34-37-10-4-5-11-38(37)35-54(53)49-24-26-52-48(33-49)21-20-47-31-46(23-25-51(47)52)43-16-15-40-28-39(13-14-41(40)29-43)42-17-18-45-32-50(22-19-44(45)30-42)55-12-6-7-27-56-55/h1-2,4-8,10-14,17-35H,3,9,15-16H2. The highest BCUT2D eigenvalue weighted by Gasteiger charge is 2.16. The van der Waals surface area contributed by atoms with Crippen LogP contribution < -0.4 is 0 Å². The molecule has 56 heavy (non-hydrogen) atoms. The van der Waals surface area contributed by atoms with Crippen LogP contribution in [0.5, 0.6) is 0 Å². The maximum absolute atomic E-state index is 4.53. The van der Waals surface area contributed by atoms with Gasteiger partial charge in [-0.05, 0) is 173 Å². The van der Waals surface area contributed by atoms with E-state index in [1.54, 1.807) is 0 Å². The molecule has 1 nitrogen and oxygen atoms in total. The Morgan fingerprint density at radius 1 is 0.411 bits per heavy atom. The second-order valence-electron chi connectivity index (χ2n) is 15.4. The van der Waals surface area contributed by atoms with Crippen molar-refractivity contribution in [2.24, 2.45) is 0 Å². The molecule has 0 atom stereocenters. The molecular formula is C55H39N. The third-order valence-electron chi connectivity index (χ3n) is 12.0. The van der Waals surface area contributed by atoms with Crippen LogP contribution in [0.3, 0.4) is 0 Å². The van der Waals surface area contributed by atoms with E-state index in [9.17, 15) is 0 Å². The molecule has 0 aliphatic heterocycles. The van der Waals surface area contributed by atoms with Crippen LogP contribution in [0.15, 0.2) is 182 Å². The van der Waals surface area contributed by atoms with Crippen LogP contribution in [-0.4, -0.2) is 4.98 Å². The van der Waals surface area contributed by atoms with Crippen molar-refractivity contribution in [3.05, 3.63) is 204 Å². The summed E-state index contributed by atoms with van der Waals surface area (Å²) in [6.45, 7) is 0. The summed E-state index contributed by atoms with van der Waals surface area (Å²) in [7, 11) is 0. The van der Waals surface area contributed by atoms with E-state index in [4.69, 9.17) is 0 Å². The fraction of sp³-hybridized carbons (Fsp3) is 0.0727. The van der Waals surface area contributed by atoms with Crippen molar-refractivity contribution in [3.63, 3.8) is 0 Å². The fourth-order valence-electron chi connectivity index (χ4n) is 9.03. The molecule has 0 saturated carbocycles. The van der Waals surface area contributed by atoms with Gasteiger partial charge in [-0.2, -0.15) is 0 Å². The Labute approximate surface area is 327 Å². The third-order valence-corrected chi connectivity index (χ3v) is 12.0. The fourth-order valence-corrected chi connectivity index (χ4v) is 9.03. The molecule has 0 unspecified atom stereocenters. The lowest BCUT2D eigenvalue weighted by Gasteiger charge is -2.19. The molecule has 0 spiro atoms. The molecule has 9 aromatic rings. The number of hydrogen-bond acceptors (Lipinski definition) is 1. The van der Waals surface area contributed by atoms with Crippen molar-refractivity contribution in [3.8, 4) is 33.5 Å². The first-order valence-electron chi connectivity index (χ1n) is 19.9. The Morgan fingerprint density at radius 3 is 1.80 bits per heavy atom. The largest absolute Gasteiger partial charge is 0.256 e. The van der Waals surface area contributed by atoms with Crippen LogP contribution in [0, 0.1) is 0 Å². The molecule has 264 valence electrons. The Hall–Kier alpha value is -6.83. The summed E-state index contributed by atoms with van der Waals surface area (Å²) in [4.78, 5) is 4.53. The van der Waals surface area contributed by atoms with Crippen molar-refractivity contribution < 1.29 is 0 Å². The van der Waals surface area contributed by atoms with Gasteiger partial charge in [-0.15, -0.1) is 0 Å². The first-order chi connectivity index (χ1) is 27.7. The molecule has 2 aliphatic rings. The van der Waals surface area contributed by atoms with Crippen LogP contribution in [-0.2, 0) is 6.42 Å².